The fraction of sp³-hybridized carbons (Fsp3) is 0.294. The number of hydrogen-bond donors (Lipinski definition) is 0. The minimum atomic E-state index is -0.250. The molecule has 6 heteroatoms. The molecule has 3 rings (SSSR count). The van der Waals surface area contributed by atoms with E-state index in [-0.39, 0.29) is 6.10 Å². The first-order chi connectivity index (χ1) is 11.1. The molecule has 0 N–H and O–H groups in total. The van der Waals surface area contributed by atoms with Crippen molar-refractivity contribution in [2.75, 3.05) is 7.11 Å². The molecular formula is C17H17BrN2O2S. The number of furan rings is 1. The van der Waals surface area contributed by atoms with E-state index in [2.05, 4.69) is 33.9 Å². The summed E-state index contributed by atoms with van der Waals surface area (Å²) < 4.78 is 12.0. The van der Waals surface area contributed by atoms with E-state index in [9.17, 15) is 0 Å². The zero-order valence-corrected chi connectivity index (χ0v) is 15.6. The predicted octanol–water partition coefficient (Wildman–Crippen LogP) is 5.17. The van der Waals surface area contributed by atoms with E-state index in [1.807, 2.05) is 31.3 Å². The summed E-state index contributed by atoms with van der Waals surface area (Å²) in [5.41, 5.74) is 3.11. The van der Waals surface area contributed by atoms with Crippen molar-refractivity contribution in [3.8, 4) is 10.6 Å². The van der Waals surface area contributed by atoms with Crippen LogP contribution < -0.4 is 0 Å². The number of methoxy groups -OCH3 is 1. The van der Waals surface area contributed by atoms with Crippen LogP contribution in [0, 0.1) is 6.92 Å². The molecule has 0 aliphatic rings. The van der Waals surface area contributed by atoms with Crippen LogP contribution in [0.15, 0.2) is 39.5 Å². The molecule has 3 heterocycles. The van der Waals surface area contributed by atoms with Crippen LogP contribution in [0.4, 0.5) is 0 Å². The molecule has 0 saturated heterocycles. The highest BCUT2D eigenvalue weighted by molar-refractivity contribution is 9.10. The first kappa shape index (κ1) is 16.4. The summed E-state index contributed by atoms with van der Waals surface area (Å²) >= 11 is 4.97. The Hall–Kier alpha value is -1.50. The van der Waals surface area contributed by atoms with E-state index in [4.69, 9.17) is 14.1 Å². The van der Waals surface area contributed by atoms with Crippen molar-refractivity contribution in [2.24, 2.45) is 0 Å². The summed E-state index contributed by atoms with van der Waals surface area (Å²) in [6.45, 7) is 4.10. The van der Waals surface area contributed by atoms with Crippen LogP contribution in [0.5, 0.6) is 0 Å². The number of aromatic nitrogens is 2. The second-order valence-corrected chi connectivity index (χ2v) is 6.93. The van der Waals surface area contributed by atoms with Gasteiger partial charge in [-0.05, 0) is 53.5 Å². The van der Waals surface area contributed by atoms with Gasteiger partial charge in [0.1, 0.15) is 10.8 Å². The summed E-state index contributed by atoms with van der Waals surface area (Å²) in [6.07, 6.45) is 2.49. The Morgan fingerprint density at radius 3 is 2.83 bits per heavy atom. The van der Waals surface area contributed by atoms with Gasteiger partial charge in [-0.25, -0.2) is 4.98 Å². The molecule has 0 fully saturated rings. The van der Waals surface area contributed by atoms with Gasteiger partial charge in [-0.1, -0.05) is 6.92 Å². The SMILES string of the molecule is CCc1cc(-c2nc(C)c(C(OC)c3ccc(Br)o3)s2)ccn1. The predicted molar refractivity (Wildman–Crippen MR) is 94.7 cm³/mol. The molecule has 1 unspecified atom stereocenters. The van der Waals surface area contributed by atoms with Crippen LogP contribution in [0.3, 0.4) is 0 Å². The Bertz CT molecular complexity index is 813. The highest BCUT2D eigenvalue weighted by atomic mass is 79.9. The van der Waals surface area contributed by atoms with Crippen molar-refractivity contribution in [3.63, 3.8) is 0 Å². The third-order valence-corrected chi connectivity index (χ3v) is 5.26. The van der Waals surface area contributed by atoms with Crippen molar-refractivity contribution < 1.29 is 9.15 Å². The van der Waals surface area contributed by atoms with Gasteiger partial charge in [-0.2, -0.15) is 0 Å². The maximum Gasteiger partial charge on any atom is 0.169 e. The number of halogens is 1. The van der Waals surface area contributed by atoms with E-state index in [1.54, 1.807) is 18.4 Å². The molecular weight excluding hydrogens is 376 g/mol. The van der Waals surface area contributed by atoms with Crippen molar-refractivity contribution >= 4 is 27.3 Å². The van der Waals surface area contributed by atoms with Crippen LogP contribution >= 0.6 is 27.3 Å². The second kappa shape index (κ2) is 6.95. The third kappa shape index (κ3) is 3.39. The Kier molecular flexibility index (Phi) is 4.94. The standard InChI is InChI=1S/C17H17BrN2O2S/c1-4-12-9-11(7-8-19-12)17-20-10(2)16(23-17)15(21-3)13-5-6-14(18)22-13/h5-9,15H,4H2,1-3H3. The number of rotatable bonds is 5. The topological polar surface area (TPSA) is 48.2 Å². The molecule has 0 aliphatic heterocycles. The minimum absolute atomic E-state index is 0.250. The van der Waals surface area contributed by atoms with Crippen molar-refractivity contribution in [3.05, 3.63) is 57.2 Å². The Labute approximate surface area is 147 Å². The van der Waals surface area contributed by atoms with Crippen molar-refractivity contribution in [1.82, 2.24) is 9.97 Å². The van der Waals surface area contributed by atoms with E-state index in [0.717, 1.165) is 39.0 Å². The fourth-order valence-electron chi connectivity index (χ4n) is 2.40. The van der Waals surface area contributed by atoms with Gasteiger partial charge in [0.2, 0.25) is 0 Å². The number of thiazole rings is 1. The number of pyridine rings is 1. The molecule has 0 spiro atoms. The Morgan fingerprint density at radius 1 is 1.35 bits per heavy atom. The molecule has 0 radical (unpaired) electrons. The van der Waals surface area contributed by atoms with Crippen LogP contribution in [0.25, 0.3) is 10.6 Å². The molecule has 3 aromatic heterocycles. The van der Waals surface area contributed by atoms with Gasteiger partial charge in [0.05, 0.1) is 10.6 Å². The zero-order valence-electron chi connectivity index (χ0n) is 13.2. The Morgan fingerprint density at radius 2 is 2.17 bits per heavy atom. The average molecular weight is 393 g/mol. The van der Waals surface area contributed by atoms with E-state index in [1.165, 1.54) is 0 Å². The summed E-state index contributed by atoms with van der Waals surface area (Å²) in [7, 11) is 1.68. The lowest BCUT2D eigenvalue weighted by atomic mass is 10.2. The quantitative estimate of drug-likeness (QED) is 0.600. The van der Waals surface area contributed by atoms with Crippen LogP contribution in [0.1, 0.15) is 35.1 Å². The highest BCUT2D eigenvalue weighted by Crippen LogP contribution is 2.37. The third-order valence-electron chi connectivity index (χ3n) is 3.58. The van der Waals surface area contributed by atoms with Gasteiger partial charge in [-0.15, -0.1) is 11.3 Å². The summed E-state index contributed by atoms with van der Waals surface area (Å²) in [5.74, 6) is 0.765. The summed E-state index contributed by atoms with van der Waals surface area (Å²) in [4.78, 5) is 10.1. The van der Waals surface area contributed by atoms with E-state index in [0.29, 0.717) is 4.67 Å². The highest BCUT2D eigenvalue weighted by Gasteiger charge is 2.23. The number of aryl methyl sites for hydroxylation is 2. The molecule has 0 aromatic carbocycles. The lowest BCUT2D eigenvalue weighted by molar-refractivity contribution is 0.117. The maximum atomic E-state index is 5.66. The molecule has 120 valence electrons. The molecule has 4 nitrogen and oxygen atoms in total. The second-order valence-electron chi connectivity index (χ2n) is 5.12. The van der Waals surface area contributed by atoms with Gasteiger partial charge >= 0.3 is 0 Å². The van der Waals surface area contributed by atoms with Crippen molar-refractivity contribution in [2.45, 2.75) is 26.4 Å². The van der Waals surface area contributed by atoms with Gasteiger partial charge in [0.25, 0.3) is 0 Å². The lowest BCUT2D eigenvalue weighted by Gasteiger charge is -2.11. The largest absolute Gasteiger partial charge is 0.451 e. The first-order valence-electron chi connectivity index (χ1n) is 7.33. The van der Waals surface area contributed by atoms with Gasteiger partial charge < -0.3 is 9.15 Å². The first-order valence-corrected chi connectivity index (χ1v) is 8.94. The molecule has 0 saturated carbocycles. The summed E-state index contributed by atoms with van der Waals surface area (Å²) in [6, 6.07) is 7.87. The maximum absolute atomic E-state index is 5.66. The molecule has 0 amide bonds. The number of nitrogens with zero attached hydrogens (tertiary/aromatic N) is 2. The average Bonchev–Trinajstić information content (AvgIpc) is 3.15. The zero-order chi connectivity index (χ0) is 16.4. The van der Waals surface area contributed by atoms with Crippen LogP contribution in [0.2, 0.25) is 0 Å². The molecule has 1 atom stereocenters. The minimum Gasteiger partial charge on any atom is -0.451 e. The molecule has 3 aromatic rings. The van der Waals surface area contributed by atoms with E-state index >= 15 is 0 Å². The molecule has 0 bridgehead atoms. The number of hydrogen-bond acceptors (Lipinski definition) is 5. The Balaban J connectivity index is 1.99. The fourth-order valence-corrected chi connectivity index (χ4v) is 3.87. The van der Waals surface area contributed by atoms with E-state index < -0.39 is 0 Å². The van der Waals surface area contributed by atoms with Gasteiger partial charge in [0, 0.05) is 24.6 Å². The van der Waals surface area contributed by atoms with Gasteiger partial charge in [0.15, 0.2) is 10.8 Å². The normalized spacial score (nSPS) is 12.5. The van der Waals surface area contributed by atoms with Crippen LogP contribution in [-0.2, 0) is 11.2 Å². The molecule has 23 heavy (non-hydrogen) atoms. The molecule has 0 aliphatic carbocycles. The smallest absolute Gasteiger partial charge is 0.169 e. The van der Waals surface area contributed by atoms with Gasteiger partial charge in [-0.3, -0.25) is 4.98 Å². The number of ether oxygens (including phenoxy) is 1. The van der Waals surface area contributed by atoms with Crippen LogP contribution in [-0.4, -0.2) is 17.1 Å². The lowest BCUT2D eigenvalue weighted by Crippen LogP contribution is -2.01. The summed E-state index contributed by atoms with van der Waals surface area (Å²) in [5, 5.41) is 0.974. The van der Waals surface area contributed by atoms with Crippen molar-refractivity contribution in [1.29, 1.82) is 0 Å². The monoisotopic (exact) mass is 392 g/mol.